The van der Waals surface area contributed by atoms with E-state index in [-0.39, 0.29) is 42.6 Å². The van der Waals surface area contributed by atoms with E-state index < -0.39 is 110 Å². The highest BCUT2D eigenvalue weighted by Crippen LogP contribution is 2.62. The summed E-state index contributed by atoms with van der Waals surface area (Å²) in [5.74, 6) is -76.1. The first-order chi connectivity index (χ1) is 25.1. The third-order valence-corrected chi connectivity index (χ3v) is 8.27. The first-order valence-corrected chi connectivity index (χ1v) is 15.0. The molecule has 344 valence electrons. The molecule has 0 unspecified atom stereocenters. The number of aryl methyl sites for hydroxylation is 4. The molecule has 2 aromatic rings. The van der Waals surface area contributed by atoms with Crippen LogP contribution in [0.15, 0.2) is 48.8 Å². The van der Waals surface area contributed by atoms with E-state index in [1.165, 1.54) is 0 Å². The maximum Gasteiger partial charge on any atom is 0.460 e. The first-order valence-electron chi connectivity index (χ1n) is 15.0. The molecule has 59 heavy (non-hydrogen) atoms. The molecule has 0 saturated heterocycles. The van der Waals surface area contributed by atoms with Crippen LogP contribution in [-0.4, -0.2) is 71.6 Å². The zero-order chi connectivity index (χ0) is 44.9. The Kier molecular flexibility index (Phi) is 16.6. The van der Waals surface area contributed by atoms with Gasteiger partial charge in [-0.2, -0.15) is 114 Å². The van der Waals surface area contributed by atoms with Crippen molar-refractivity contribution in [3.8, 4) is 0 Å². The van der Waals surface area contributed by atoms with Crippen LogP contribution in [0, 0.1) is 0 Å². The molecule has 0 fully saturated rings. The lowest BCUT2D eigenvalue weighted by atomic mass is 9.92. The monoisotopic (exact) mass is 962 g/mol. The van der Waals surface area contributed by atoms with Gasteiger partial charge in [-0.3, -0.25) is 0 Å². The second-order valence-corrected chi connectivity index (χ2v) is 12.1. The van der Waals surface area contributed by atoms with Crippen molar-refractivity contribution in [1.29, 1.82) is 0 Å². The fourth-order valence-electron chi connectivity index (χ4n) is 4.80. The van der Waals surface area contributed by atoms with Crippen molar-refractivity contribution >= 4 is 0 Å². The average Bonchev–Trinajstić information content (AvgIpc) is 3.05. The third kappa shape index (κ3) is 9.60. The van der Waals surface area contributed by atoms with Gasteiger partial charge in [0.15, 0.2) is 36.9 Å². The van der Waals surface area contributed by atoms with Crippen LogP contribution in [0.4, 0.5) is 114 Å². The van der Waals surface area contributed by atoms with E-state index in [4.69, 9.17) is 0 Å². The van der Waals surface area contributed by atoms with E-state index in [1.807, 2.05) is 0 Å². The average molecular weight is 963 g/mol. The molecule has 2 nitrogen and oxygen atoms in total. The second-order valence-electron chi connectivity index (χ2n) is 12.1. The summed E-state index contributed by atoms with van der Waals surface area (Å²) in [6.07, 6.45) is -20.2. The van der Waals surface area contributed by atoms with Gasteiger partial charge in [-0.25, -0.2) is 9.13 Å². The lowest BCUT2D eigenvalue weighted by Gasteiger charge is -2.39. The van der Waals surface area contributed by atoms with Gasteiger partial charge in [0, 0.05) is 37.1 Å². The van der Waals surface area contributed by atoms with Crippen molar-refractivity contribution in [3.63, 3.8) is 0 Å². The van der Waals surface area contributed by atoms with Crippen LogP contribution in [0.25, 0.3) is 0 Å². The van der Waals surface area contributed by atoms with Crippen molar-refractivity contribution in [1.82, 2.24) is 0 Å². The maximum absolute atomic E-state index is 14.3. The van der Waals surface area contributed by atoms with Crippen molar-refractivity contribution in [2.24, 2.45) is 0 Å². The Morgan fingerprint density at radius 2 is 0.593 bits per heavy atom. The minimum absolute atomic E-state index is 0. The number of aromatic nitrogens is 2. The summed E-state index contributed by atoms with van der Waals surface area (Å²) in [4.78, 5) is 0. The predicted octanol–water partition coefficient (Wildman–Crippen LogP) is 4.70. The Hall–Kier alpha value is -2.94. The van der Waals surface area contributed by atoms with E-state index in [0.717, 1.165) is 48.8 Å². The first kappa shape index (κ1) is 56.1. The zero-order valence-corrected chi connectivity index (χ0v) is 29.6. The lowest BCUT2D eigenvalue weighted by Crippen LogP contribution is -3.00. The number of hydrogen-bond acceptors (Lipinski definition) is 0. The summed E-state index contributed by atoms with van der Waals surface area (Å²) in [7, 11) is 0. The van der Waals surface area contributed by atoms with Gasteiger partial charge in [-0.15, -0.1) is 0 Å². The van der Waals surface area contributed by atoms with Crippen LogP contribution in [0.3, 0.4) is 0 Å². The highest BCUT2D eigenvalue weighted by Gasteiger charge is 2.92. The van der Waals surface area contributed by atoms with Crippen molar-refractivity contribution in [2.45, 2.75) is 117 Å². The van der Waals surface area contributed by atoms with E-state index in [1.54, 1.807) is 0 Å². The zero-order valence-electron chi connectivity index (χ0n) is 28.0. The molecule has 30 heteroatoms. The van der Waals surface area contributed by atoms with Crippen molar-refractivity contribution in [3.05, 3.63) is 60.2 Å². The number of hydrogen-bond donors (Lipinski definition) is 0. The number of rotatable bonds is 18. The molecule has 0 amide bonds. The molecule has 2 rings (SSSR count). The Morgan fingerprint density at radius 3 is 0.847 bits per heavy atom. The molecular weight excluding hydrogens is 941 g/mol. The van der Waals surface area contributed by atoms with Gasteiger partial charge in [0.25, 0.3) is 0 Å². The number of alkyl halides is 26. The molecule has 0 aliphatic heterocycles. The number of pyridine rings is 2. The van der Waals surface area contributed by atoms with E-state index in [2.05, 4.69) is 0 Å². The Labute approximate surface area is 325 Å². The van der Waals surface area contributed by atoms with E-state index in [0.29, 0.717) is 9.13 Å². The number of halogens is 28. The van der Waals surface area contributed by atoms with Gasteiger partial charge < -0.3 is 24.8 Å². The van der Waals surface area contributed by atoms with Gasteiger partial charge in [-0.05, 0) is 6.42 Å². The molecule has 0 bridgehead atoms. The summed E-state index contributed by atoms with van der Waals surface area (Å²) < 4.78 is 351. The second kappa shape index (κ2) is 17.4. The Bertz CT molecular complexity index is 1570. The van der Waals surface area contributed by atoms with Crippen molar-refractivity contribution < 1.29 is 148 Å². The normalized spacial score (nSPS) is 14.8. The van der Waals surface area contributed by atoms with Gasteiger partial charge in [-0.1, -0.05) is 12.1 Å². The molecule has 0 aromatic carbocycles. The quantitative estimate of drug-likeness (QED) is 0.152. The summed E-state index contributed by atoms with van der Waals surface area (Å²) in [5.41, 5.74) is -0.491. The van der Waals surface area contributed by atoms with E-state index in [9.17, 15) is 114 Å². The molecule has 0 radical (unpaired) electrons. The minimum atomic E-state index is -8.12. The van der Waals surface area contributed by atoms with Crippen LogP contribution in [0.5, 0.6) is 0 Å². The summed E-state index contributed by atoms with van der Waals surface area (Å²) >= 11 is 0. The van der Waals surface area contributed by atoms with Crippen molar-refractivity contribution in [2.75, 3.05) is 0 Å². The SMILES string of the molecule is FC(F)(F)C(F)(F)C(F)(F)C(F)(F)C(F)(F)C(F)(F)CC[n+]1ccccc1CCCc1cccc[n+]1CCC(F)(F)C(F)(F)C(F)(F)C(F)(F)C(F)(F)C(F)(F)F.[Cl-].[Cl-]. The van der Waals surface area contributed by atoms with E-state index >= 15 is 0 Å². The number of nitrogens with zero attached hydrogens (tertiary/aromatic N) is 2. The minimum Gasteiger partial charge on any atom is -1.00 e. The van der Waals surface area contributed by atoms with Crippen LogP contribution in [0.1, 0.15) is 30.7 Å². The summed E-state index contributed by atoms with van der Waals surface area (Å²) in [6, 6.07) is 6.17. The van der Waals surface area contributed by atoms with Gasteiger partial charge >= 0.3 is 71.6 Å². The molecule has 0 N–H and O–H groups in total. The molecule has 0 atom stereocenters. The Morgan fingerprint density at radius 1 is 0.339 bits per heavy atom. The Balaban J connectivity index is 0.0000168. The fourth-order valence-corrected chi connectivity index (χ4v) is 4.80. The molecule has 2 heterocycles. The highest BCUT2D eigenvalue weighted by molar-refractivity contribution is 5.11. The van der Waals surface area contributed by atoms with Crippen LogP contribution in [0.2, 0.25) is 0 Å². The topological polar surface area (TPSA) is 7.76 Å². The summed E-state index contributed by atoms with van der Waals surface area (Å²) in [5, 5.41) is 0. The fraction of sp³-hybridized carbons (Fsp3) is 0.655. The van der Waals surface area contributed by atoms with Crippen LogP contribution in [-0.2, 0) is 25.9 Å². The molecule has 0 spiro atoms. The standard InChI is InChI=1S/C29H22F26N2.2ClH/c30-18(31,20(34,35)22(38,39)24(42,43)26(46,47)28(50,51)52)10-14-56-12-3-1-6-16(56)8-5-9-17-7-2-4-13-57(17)15-11-19(32,33)21(36,37)23(40,41)25(44,45)27(48,49)29(53,54)55;;/h1-4,6-7,12-13H,5,8-11,14-15H2;2*1H/q+2;;/p-2. The predicted molar refractivity (Wildman–Crippen MR) is 136 cm³/mol. The molecule has 0 aliphatic carbocycles. The largest absolute Gasteiger partial charge is 1.00 e. The van der Waals surface area contributed by atoms with Gasteiger partial charge in [0.05, 0.1) is 12.8 Å². The maximum atomic E-state index is 14.3. The molecule has 0 saturated carbocycles. The highest BCUT2D eigenvalue weighted by atomic mass is 35.5. The summed E-state index contributed by atoms with van der Waals surface area (Å²) in [6.45, 7) is -3.10. The van der Waals surface area contributed by atoms with Crippen LogP contribution < -0.4 is 33.9 Å². The third-order valence-electron chi connectivity index (χ3n) is 8.27. The van der Waals surface area contributed by atoms with Gasteiger partial charge in [0.1, 0.15) is 0 Å². The van der Waals surface area contributed by atoms with Gasteiger partial charge in [0.2, 0.25) is 0 Å². The molecule has 0 aliphatic rings. The molecular formula is C29H22Cl2F26N2. The smallest absolute Gasteiger partial charge is 0.460 e. The van der Waals surface area contributed by atoms with Crippen LogP contribution >= 0.6 is 0 Å². The molecule has 2 aromatic heterocycles. The lowest BCUT2D eigenvalue weighted by molar-refractivity contribution is -0.708.